The van der Waals surface area contributed by atoms with Crippen LogP contribution in [0.1, 0.15) is 31.1 Å². The second kappa shape index (κ2) is 9.65. The average Bonchev–Trinajstić information content (AvgIpc) is 3.51. The van der Waals surface area contributed by atoms with Gasteiger partial charge in [0, 0.05) is 36.6 Å². The minimum atomic E-state index is -0.463. The number of methoxy groups -OCH3 is 1. The first-order valence-electron chi connectivity index (χ1n) is 11.4. The van der Waals surface area contributed by atoms with Crippen molar-refractivity contribution in [2.45, 2.75) is 25.2 Å². The molecular weight excluding hydrogens is 475 g/mol. The van der Waals surface area contributed by atoms with Gasteiger partial charge in [-0.2, -0.15) is 4.98 Å². The highest BCUT2D eigenvalue weighted by Gasteiger charge is 2.40. The summed E-state index contributed by atoms with van der Waals surface area (Å²) in [5, 5.41) is 4.48. The number of carbonyl (C=O) groups is 2. The number of hydrogen-bond acceptors (Lipinski definition) is 6. The first-order chi connectivity index (χ1) is 16.9. The number of halogens is 2. The lowest BCUT2D eigenvalue weighted by molar-refractivity contribution is -0.137. The van der Waals surface area contributed by atoms with Gasteiger partial charge >= 0.3 is 0 Å². The minimum Gasteiger partial charge on any atom is -0.495 e. The molecule has 2 saturated heterocycles. The van der Waals surface area contributed by atoms with Gasteiger partial charge in [-0.3, -0.25) is 9.59 Å². The summed E-state index contributed by atoms with van der Waals surface area (Å²) in [5.41, 5.74) is 1.09. The Kier molecular flexibility index (Phi) is 6.42. The lowest BCUT2D eigenvalue weighted by Gasteiger charge is -2.32. The Hall–Kier alpha value is -3.46. The molecular formula is C25H24ClFN4O4. The van der Waals surface area contributed by atoms with Gasteiger partial charge in [-0.15, -0.1) is 0 Å². The molecule has 3 heterocycles. The maximum Gasteiger partial charge on any atom is 0.231 e. The summed E-state index contributed by atoms with van der Waals surface area (Å²) in [5.74, 6) is 0.0907. The van der Waals surface area contributed by atoms with Gasteiger partial charge < -0.3 is 19.1 Å². The topological polar surface area (TPSA) is 88.8 Å². The Morgan fingerprint density at radius 1 is 1.23 bits per heavy atom. The summed E-state index contributed by atoms with van der Waals surface area (Å²) in [4.78, 5) is 34.0. The van der Waals surface area contributed by atoms with E-state index in [9.17, 15) is 14.0 Å². The summed E-state index contributed by atoms with van der Waals surface area (Å²) < 4.78 is 24.4. The van der Waals surface area contributed by atoms with Crippen molar-refractivity contribution >= 4 is 29.1 Å². The lowest BCUT2D eigenvalue weighted by Crippen LogP contribution is -2.43. The SMILES string of the molecule is COc1ccc(Cl)cc1N1CC(C(=O)N2CCCC(c3nc(-c4cccc(F)c4)no3)C2)CC1=O. The van der Waals surface area contributed by atoms with Crippen molar-refractivity contribution in [3.63, 3.8) is 0 Å². The van der Waals surface area contributed by atoms with Crippen LogP contribution in [0, 0.1) is 11.7 Å². The van der Waals surface area contributed by atoms with E-state index in [1.807, 2.05) is 0 Å². The van der Waals surface area contributed by atoms with E-state index in [1.165, 1.54) is 19.2 Å². The molecule has 2 unspecified atom stereocenters. The maximum atomic E-state index is 13.6. The normalized spacial score (nSPS) is 20.4. The van der Waals surface area contributed by atoms with Crippen LogP contribution in [0.5, 0.6) is 5.75 Å². The van der Waals surface area contributed by atoms with Gasteiger partial charge in [-0.05, 0) is 43.2 Å². The Morgan fingerprint density at radius 2 is 2.09 bits per heavy atom. The standard InChI is InChI=1S/C25H24ClFN4O4/c1-34-21-8-7-18(26)12-20(21)31-14-17(11-22(31)32)25(33)30-9-3-5-16(13-30)24-28-23(29-35-24)15-4-2-6-19(27)10-15/h2,4,6-8,10,12,16-17H,3,5,9,11,13-14H2,1H3. The number of carbonyl (C=O) groups excluding carboxylic acids is 2. The molecule has 182 valence electrons. The Labute approximate surface area is 206 Å². The van der Waals surface area contributed by atoms with Crippen LogP contribution >= 0.6 is 11.6 Å². The van der Waals surface area contributed by atoms with Gasteiger partial charge in [0.05, 0.1) is 24.6 Å². The third kappa shape index (κ3) is 4.73. The Morgan fingerprint density at radius 3 is 2.89 bits per heavy atom. The summed E-state index contributed by atoms with van der Waals surface area (Å²) in [6.45, 7) is 1.29. The van der Waals surface area contributed by atoms with Crippen molar-refractivity contribution in [1.82, 2.24) is 15.0 Å². The number of likely N-dealkylation sites (tertiary alicyclic amines) is 1. The molecule has 8 nitrogen and oxygen atoms in total. The van der Waals surface area contributed by atoms with Crippen LogP contribution in [0.4, 0.5) is 10.1 Å². The summed E-state index contributed by atoms with van der Waals surface area (Å²) in [6, 6.07) is 11.1. The number of hydrogen-bond donors (Lipinski definition) is 0. The number of rotatable bonds is 5. The van der Waals surface area contributed by atoms with E-state index in [2.05, 4.69) is 10.1 Å². The monoisotopic (exact) mass is 498 g/mol. The van der Waals surface area contributed by atoms with Crippen molar-refractivity contribution in [3.05, 3.63) is 59.2 Å². The van der Waals surface area contributed by atoms with Crippen molar-refractivity contribution in [3.8, 4) is 17.1 Å². The van der Waals surface area contributed by atoms with Gasteiger partial charge in [0.25, 0.3) is 0 Å². The fourth-order valence-electron chi connectivity index (χ4n) is 4.76. The molecule has 2 amide bonds. The zero-order chi connectivity index (χ0) is 24.5. The molecule has 0 N–H and O–H groups in total. The van der Waals surface area contributed by atoms with Crippen LogP contribution in [0.15, 0.2) is 47.0 Å². The molecule has 2 atom stereocenters. The maximum absolute atomic E-state index is 13.6. The van der Waals surface area contributed by atoms with E-state index in [1.54, 1.807) is 40.1 Å². The van der Waals surface area contributed by atoms with Gasteiger partial charge in [-0.25, -0.2) is 4.39 Å². The van der Waals surface area contributed by atoms with E-state index < -0.39 is 5.92 Å². The molecule has 3 aromatic rings. The van der Waals surface area contributed by atoms with Crippen molar-refractivity contribution in [2.24, 2.45) is 5.92 Å². The Balaban J connectivity index is 1.28. The van der Waals surface area contributed by atoms with Gasteiger partial charge in [-0.1, -0.05) is 28.9 Å². The molecule has 2 fully saturated rings. The highest BCUT2D eigenvalue weighted by molar-refractivity contribution is 6.31. The number of benzene rings is 2. The van der Waals surface area contributed by atoms with Crippen molar-refractivity contribution < 1.29 is 23.2 Å². The first-order valence-corrected chi connectivity index (χ1v) is 11.8. The minimum absolute atomic E-state index is 0.0728. The second-order valence-corrected chi connectivity index (χ2v) is 9.25. The molecule has 2 aromatic carbocycles. The number of aromatic nitrogens is 2. The summed E-state index contributed by atoms with van der Waals surface area (Å²) in [6.07, 6.45) is 1.70. The van der Waals surface area contributed by atoms with Crippen LogP contribution in [0.3, 0.4) is 0 Å². The number of piperidine rings is 1. The van der Waals surface area contributed by atoms with E-state index in [0.29, 0.717) is 46.8 Å². The van der Waals surface area contributed by atoms with E-state index >= 15 is 0 Å². The smallest absolute Gasteiger partial charge is 0.231 e. The number of nitrogens with zero attached hydrogens (tertiary/aromatic N) is 4. The highest BCUT2D eigenvalue weighted by atomic mass is 35.5. The third-order valence-electron chi connectivity index (χ3n) is 6.51. The summed E-state index contributed by atoms with van der Waals surface area (Å²) in [7, 11) is 1.53. The number of amides is 2. The van der Waals surface area contributed by atoms with Crippen LogP contribution < -0.4 is 9.64 Å². The second-order valence-electron chi connectivity index (χ2n) is 8.81. The molecule has 2 aliphatic rings. The molecule has 0 saturated carbocycles. The quantitative estimate of drug-likeness (QED) is 0.521. The Bertz CT molecular complexity index is 1270. The van der Waals surface area contributed by atoms with Crippen molar-refractivity contribution in [1.29, 1.82) is 0 Å². The molecule has 0 bridgehead atoms. The van der Waals surface area contributed by atoms with E-state index in [-0.39, 0.29) is 36.5 Å². The molecule has 10 heteroatoms. The van der Waals surface area contributed by atoms with Gasteiger partial charge in [0.15, 0.2) is 0 Å². The lowest BCUT2D eigenvalue weighted by atomic mass is 9.96. The fraction of sp³-hybridized carbons (Fsp3) is 0.360. The zero-order valence-corrected chi connectivity index (χ0v) is 19.9. The van der Waals surface area contributed by atoms with Gasteiger partial charge in [0.1, 0.15) is 11.6 Å². The van der Waals surface area contributed by atoms with Gasteiger partial charge in [0.2, 0.25) is 23.5 Å². The molecule has 0 spiro atoms. The molecule has 2 aliphatic heterocycles. The van der Waals surface area contributed by atoms with E-state index in [4.69, 9.17) is 20.9 Å². The molecule has 0 aliphatic carbocycles. The number of ether oxygens (including phenoxy) is 1. The molecule has 35 heavy (non-hydrogen) atoms. The predicted octanol–water partition coefficient (Wildman–Crippen LogP) is 4.30. The predicted molar refractivity (Wildman–Crippen MR) is 127 cm³/mol. The van der Waals surface area contributed by atoms with Crippen LogP contribution in [-0.4, -0.2) is 53.6 Å². The van der Waals surface area contributed by atoms with Crippen molar-refractivity contribution in [2.75, 3.05) is 31.6 Å². The largest absolute Gasteiger partial charge is 0.495 e. The van der Waals surface area contributed by atoms with Crippen LogP contribution in [0.25, 0.3) is 11.4 Å². The summed E-state index contributed by atoms with van der Waals surface area (Å²) >= 11 is 6.14. The van der Waals surface area contributed by atoms with E-state index in [0.717, 1.165) is 12.8 Å². The van der Waals surface area contributed by atoms with Crippen LogP contribution in [-0.2, 0) is 9.59 Å². The first kappa shape index (κ1) is 23.3. The molecule has 0 radical (unpaired) electrons. The fourth-order valence-corrected chi connectivity index (χ4v) is 4.93. The third-order valence-corrected chi connectivity index (χ3v) is 6.75. The highest BCUT2D eigenvalue weighted by Crippen LogP contribution is 2.36. The zero-order valence-electron chi connectivity index (χ0n) is 19.1. The average molecular weight is 499 g/mol. The molecule has 1 aromatic heterocycles. The van der Waals surface area contributed by atoms with Crippen LogP contribution in [0.2, 0.25) is 5.02 Å². The number of anilines is 1. The molecule has 5 rings (SSSR count).